The van der Waals surface area contributed by atoms with E-state index in [-0.39, 0.29) is 37.6 Å². The Morgan fingerprint density at radius 2 is 1.12 bits per heavy atom. The number of nitrogens with zero attached hydrogens (tertiary/aromatic N) is 2. The van der Waals surface area contributed by atoms with E-state index in [1.165, 1.54) is 18.2 Å². The number of anilines is 1. The van der Waals surface area contributed by atoms with Gasteiger partial charge in [0.15, 0.2) is 13.1 Å². The molecule has 470 valence electrons. The van der Waals surface area contributed by atoms with E-state index in [1.54, 1.807) is 37.3 Å². The molecule has 2 aliphatic heterocycles. The van der Waals surface area contributed by atoms with Crippen LogP contribution < -0.4 is 14.8 Å². The third-order valence-electron chi connectivity index (χ3n) is 13.1. The van der Waals surface area contributed by atoms with Crippen molar-refractivity contribution in [1.82, 2.24) is 4.58 Å². The van der Waals surface area contributed by atoms with Gasteiger partial charge in [-0.3, -0.25) is 4.79 Å². The zero-order chi connectivity index (χ0) is 60.4. The molecular formula is C58H89N2O21S2-. The highest BCUT2D eigenvalue weighted by Crippen LogP contribution is 2.51. The van der Waals surface area contributed by atoms with E-state index in [9.17, 15) is 35.8 Å². The molecule has 0 fully saturated rings. The Morgan fingerprint density at radius 1 is 0.651 bits per heavy atom. The molecule has 25 heteroatoms. The number of rotatable bonds is 47. The van der Waals surface area contributed by atoms with Crippen LogP contribution in [0.2, 0.25) is 0 Å². The highest BCUT2D eigenvalue weighted by Gasteiger charge is 2.43. The average molecular weight is 1210 g/mol. The summed E-state index contributed by atoms with van der Waals surface area (Å²) in [7, 11) is -6.20. The molecule has 0 aromatic heterocycles. The minimum atomic E-state index is -4.88. The van der Waals surface area contributed by atoms with Crippen LogP contribution in [0.5, 0.6) is 0 Å². The number of methoxy groups -OCH3 is 2. The second-order valence-corrected chi connectivity index (χ2v) is 23.4. The number of ether oxygens (including phenoxy) is 12. The highest BCUT2D eigenvalue weighted by atomic mass is 32.2. The monoisotopic (exact) mass is 1210 g/mol. The van der Waals surface area contributed by atoms with Gasteiger partial charge in [0.2, 0.25) is 5.36 Å². The standard InChI is InChI=1S/C58H90N2O21S2/c1-57(2,3)51-45-48(10-7-11-55-58(4,17-8-12-56(61)62)52-46-49(83(66,67)68)14-16-53(52)60(55)18-9-43-82(63,64)65)81-54-44-47(13-15-50(51)54)59(19-21-71-27-29-75-35-37-79-41-39-77-33-31-73-25-23-69-5)20-22-72-28-30-76-36-38-80-42-40-78-34-32-74-26-24-70-6/h7,10-11,13-16,44-46H,8-9,12,17-43H2,1-6H3,(H2-,61,62,63,64,65,66,67,68)/p-1. The van der Waals surface area contributed by atoms with Crippen LogP contribution in [0.1, 0.15) is 70.3 Å². The van der Waals surface area contributed by atoms with Crippen molar-refractivity contribution in [2.75, 3.05) is 190 Å². The number of allylic oxidation sites excluding steroid dienone is 3. The fourth-order valence-corrected chi connectivity index (χ4v) is 9.96. The molecule has 1 unspecified atom stereocenters. The van der Waals surface area contributed by atoms with E-state index in [4.69, 9.17) is 61.3 Å². The lowest BCUT2D eigenvalue weighted by Crippen LogP contribution is -2.36. The number of benzene rings is 2. The van der Waals surface area contributed by atoms with Crippen molar-refractivity contribution in [2.45, 2.75) is 69.1 Å². The molecule has 0 bridgehead atoms. The summed E-state index contributed by atoms with van der Waals surface area (Å²) in [4.78, 5) is 13.0. The van der Waals surface area contributed by atoms with Crippen LogP contribution in [-0.2, 0) is 92.7 Å². The predicted octanol–water partition coefficient (Wildman–Crippen LogP) is 4.68. The maximum absolute atomic E-state index is 12.3. The molecule has 1 aromatic carbocycles. The molecule has 0 radical (unpaired) electrons. The van der Waals surface area contributed by atoms with Crippen molar-refractivity contribution in [3.63, 3.8) is 0 Å². The van der Waals surface area contributed by atoms with Crippen molar-refractivity contribution in [1.29, 1.82) is 0 Å². The number of hydrogen-bond donors (Lipinski definition) is 1. The first-order chi connectivity index (χ1) is 39.8. The van der Waals surface area contributed by atoms with Crippen LogP contribution >= 0.6 is 0 Å². The molecule has 23 nitrogen and oxygen atoms in total. The molecule has 3 aliphatic rings. The molecule has 1 aromatic rings. The molecule has 0 amide bonds. The maximum atomic E-state index is 12.3. The molecule has 2 heterocycles. The Kier molecular flexibility index (Phi) is 33.2. The molecular weight excluding hydrogens is 1120 g/mol. The molecule has 83 heavy (non-hydrogen) atoms. The number of carboxylic acid groups (broad SMARTS) is 1. The van der Waals surface area contributed by atoms with Gasteiger partial charge in [0.05, 0.1) is 153 Å². The predicted molar refractivity (Wildman–Crippen MR) is 308 cm³/mol. The van der Waals surface area contributed by atoms with Crippen molar-refractivity contribution < 1.29 is 97.1 Å². The lowest BCUT2D eigenvalue weighted by molar-refractivity contribution is -0.137. The first kappa shape index (κ1) is 71.2. The smallest absolute Gasteiger partial charge is 0.303 e. The zero-order valence-corrected chi connectivity index (χ0v) is 50.9. The van der Waals surface area contributed by atoms with Gasteiger partial charge in [-0.2, -0.15) is 0 Å². The van der Waals surface area contributed by atoms with Gasteiger partial charge in [0.25, 0.3) is 0 Å². The second kappa shape index (κ2) is 38.7. The number of fused-ring (bicyclic) bond motifs is 2. The Labute approximate surface area is 490 Å². The first-order valence-electron chi connectivity index (χ1n) is 28.1. The van der Waals surface area contributed by atoms with Gasteiger partial charge in [-0.05, 0) is 85.2 Å². The first-order valence-corrected chi connectivity index (χ1v) is 31.1. The molecule has 1 atom stereocenters. The largest absolute Gasteiger partial charge is 0.748 e. The van der Waals surface area contributed by atoms with Gasteiger partial charge in [-0.15, -0.1) is 0 Å². The Hall–Kier alpha value is -4.26. The van der Waals surface area contributed by atoms with Gasteiger partial charge in [-0.25, -0.2) is 21.4 Å². The van der Waals surface area contributed by atoms with Crippen molar-refractivity contribution in [3.8, 4) is 11.3 Å². The van der Waals surface area contributed by atoms with Crippen LogP contribution in [-0.4, -0.2) is 222 Å². The Balaban J connectivity index is 1.52. The molecule has 1 aliphatic carbocycles. The third-order valence-corrected chi connectivity index (χ3v) is 14.8. The summed E-state index contributed by atoms with van der Waals surface area (Å²) < 4.78 is 147. The lowest BCUT2D eigenvalue weighted by Gasteiger charge is -2.30. The van der Waals surface area contributed by atoms with E-state index in [0.29, 0.717) is 187 Å². The number of carbonyl (C=O) groups is 1. The SMILES string of the molecule is COCCOCCOCCOCCOCCOCC[N+](CCOCCOCCOCCOCCOCCOC)=c1ccc2c(C(C)(C)C)cc(/C=C/C=C3/N(CCCS(=O)(=O)[O-])c4ccc(S(=O)(=O)[O-])cc4C3(C)CCCC(=O)O)oc-2c1. The molecule has 0 saturated carbocycles. The average Bonchev–Trinajstić information content (AvgIpc) is 1.95. The van der Waals surface area contributed by atoms with E-state index < -0.39 is 42.3 Å². The maximum Gasteiger partial charge on any atom is 0.303 e. The second-order valence-electron chi connectivity index (χ2n) is 20.5. The van der Waals surface area contributed by atoms with Gasteiger partial charge < -0.3 is 80.4 Å². The minimum absolute atomic E-state index is 0.0539. The Bertz CT molecular complexity index is 2630. The van der Waals surface area contributed by atoms with Crippen LogP contribution in [0, 0.1) is 0 Å². The van der Waals surface area contributed by atoms with Crippen molar-refractivity contribution in [3.05, 3.63) is 82.6 Å². The van der Waals surface area contributed by atoms with Crippen LogP contribution in [0.25, 0.3) is 17.4 Å². The summed E-state index contributed by atoms with van der Waals surface area (Å²) >= 11 is 0. The van der Waals surface area contributed by atoms with Gasteiger partial charge >= 0.3 is 5.97 Å². The molecule has 0 saturated heterocycles. The van der Waals surface area contributed by atoms with Crippen molar-refractivity contribution in [2.24, 2.45) is 0 Å². The Morgan fingerprint density at radius 3 is 1.55 bits per heavy atom. The highest BCUT2D eigenvalue weighted by molar-refractivity contribution is 7.86. The topological polar surface area (TPSA) is 282 Å². The van der Waals surface area contributed by atoms with Gasteiger partial charge in [0, 0.05) is 61.4 Å². The van der Waals surface area contributed by atoms with Gasteiger partial charge in [-0.1, -0.05) is 26.8 Å². The zero-order valence-electron chi connectivity index (χ0n) is 49.3. The third kappa shape index (κ3) is 27.3. The lowest BCUT2D eigenvalue weighted by atomic mass is 9.77. The molecule has 4 rings (SSSR count). The fourth-order valence-electron chi connectivity index (χ4n) is 8.98. The van der Waals surface area contributed by atoms with E-state index in [0.717, 1.165) is 16.5 Å². The van der Waals surface area contributed by atoms with Gasteiger partial charge in [0.1, 0.15) is 34.9 Å². The quantitative estimate of drug-likeness (QED) is 0.0456. The van der Waals surface area contributed by atoms with Crippen molar-refractivity contribution >= 4 is 38.0 Å². The summed E-state index contributed by atoms with van der Waals surface area (Å²) in [6.07, 6.45) is 5.52. The molecule has 0 spiro atoms. The normalized spacial score (nSPS) is 15.4. The van der Waals surface area contributed by atoms with E-state index >= 15 is 0 Å². The summed E-state index contributed by atoms with van der Waals surface area (Å²) in [5, 5.41) is 10.4. The minimum Gasteiger partial charge on any atom is -0.748 e. The van der Waals surface area contributed by atoms with Crippen LogP contribution in [0.4, 0.5) is 5.69 Å². The summed E-state index contributed by atoms with van der Waals surface area (Å²) in [5.74, 6) is -0.561. The summed E-state index contributed by atoms with van der Waals surface area (Å²) in [5.41, 5.74) is 2.08. The summed E-state index contributed by atoms with van der Waals surface area (Å²) in [6.45, 7) is 19.1. The van der Waals surface area contributed by atoms with Crippen LogP contribution in [0.15, 0.2) is 69.6 Å². The number of hydrogen-bond acceptors (Lipinski definition) is 21. The van der Waals surface area contributed by atoms with E-state index in [1.807, 2.05) is 31.2 Å². The number of carboxylic acids is 1. The molecule has 1 N–H and O–H groups in total. The fraction of sp³-hybridized carbons (Fsp3) is 0.655. The van der Waals surface area contributed by atoms with E-state index in [2.05, 4.69) is 25.3 Å². The summed E-state index contributed by atoms with van der Waals surface area (Å²) in [6, 6.07) is 12.0. The number of aliphatic carboxylic acids is 1. The van der Waals surface area contributed by atoms with Crippen LogP contribution in [0.3, 0.4) is 0 Å².